The van der Waals surface area contributed by atoms with Crippen molar-refractivity contribution < 1.29 is 22.4 Å². The van der Waals surface area contributed by atoms with Gasteiger partial charge in [-0.2, -0.15) is 13.2 Å². The van der Waals surface area contributed by atoms with Crippen molar-refractivity contribution >= 4 is 29.0 Å². The van der Waals surface area contributed by atoms with Crippen molar-refractivity contribution in [1.82, 2.24) is 20.6 Å². The first-order valence-electron chi connectivity index (χ1n) is 9.29. The van der Waals surface area contributed by atoms with E-state index in [-0.39, 0.29) is 23.0 Å². The Labute approximate surface area is 188 Å². The van der Waals surface area contributed by atoms with E-state index in [1.54, 1.807) is 30.3 Å². The molecule has 33 heavy (non-hydrogen) atoms. The average molecular weight is 477 g/mol. The minimum atomic E-state index is -4.67. The number of nitrogens with one attached hydrogen (secondary N) is 3. The van der Waals surface area contributed by atoms with Crippen LogP contribution in [-0.4, -0.2) is 26.7 Å². The van der Waals surface area contributed by atoms with E-state index < -0.39 is 22.8 Å². The van der Waals surface area contributed by atoms with Crippen molar-refractivity contribution in [1.29, 1.82) is 0 Å². The Morgan fingerprint density at radius 1 is 0.939 bits per heavy atom. The number of hydrogen-bond donors (Lipinski definition) is 3. The van der Waals surface area contributed by atoms with Crippen molar-refractivity contribution in [3.05, 3.63) is 77.1 Å². The molecule has 0 saturated carbocycles. The SMILES string of the molecule is O=C(Nc1ccc(Cl)c(C(F)(F)F)c1)Nc1ccc(-c2ccc(F)cc2)cc1-c1nnn[nH]1. The van der Waals surface area contributed by atoms with Gasteiger partial charge < -0.3 is 10.6 Å². The lowest BCUT2D eigenvalue weighted by molar-refractivity contribution is -0.137. The summed E-state index contributed by atoms with van der Waals surface area (Å²) in [5.74, 6) is -0.149. The molecule has 4 aromatic rings. The molecule has 168 valence electrons. The summed E-state index contributed by atoms with van der Waals surface area (Å²) in [6.07, 6.45) is -4.67. The Hall–Kier alpha value is -3.99. The number of nitrogens with zero attached hydrogens (tertiary/aromatic N) is 3. The highest BCUT2D eigenvalue weighted by atomic mass is 35.5. The number of halogens is 5. The minimum absolute atomic E-state index is 0.102. The van der Waals surface area contributed by atoms with Crippen LogP contribution < -0.4 is 10.6 Å². The molecule has 0 aliphatic heterocycles. The molecule has 12 heteroatoms. The molecule has 3 aromatic carbocycles. The van der Waals surface area contributed by atoms with Crippen molar-refractivity contribution in [2.75, 3.05) is 10.6 Å². The molecule has 0 aliphatic rings. The zero-order valence-corrected chi connectivity index (χ0v) is 17.2. The predicted molar refractivity (Wildman–Crippen MR) is 114 cm³/mol. The molecular weight excluding hydrogens is 464 g/mol. The van der Waals surface area contributed by atoms with Crippen LogP contribution in [0.1, 0.15) is 5.56 Å². The zero-order valence-electron chi connectivity index (χ0n) is 16.4. The second kappa shape index (κ2) is 8.87. The summed E-state index contributed by atoms with van der Waals surface area (Å²) in [6, 6.07) is 13.0. The number of carbonyl (C=O) groups excluding carboxylic acids is 1. The molecule has 4 rings (SSSR count). The smallest absolute Gasteiger partial charge is 0.308 e. The maximum atomic E-state index is 13.2. The third-order valence-electron chi connectivity index (χ3n) is 4.58. The number of hydrogen-bond acceptors (Lipinski definition) is 4. The van der Waals surface area contributed by atoms with Gasteiger partial charge in [0.15, 0.2) is 5.82 Å². The summed E-state index contributed by atoms with van der Waals surface area (Å²) in [7, 11) is 0. The molecule has 0 atom stereocenters. The van der Waals surface area contributed by atoms with Crippen molar-refractivity contribution in [2.24, 2.45) is 0 Å². The number of H-pyrrole nitrogens is 1. The predicted octanol–water partition coefficient (Wildman–Crippen LogP) is 5.99. The number of rotatable bonds is 4. The lowest BCUT2D eigenvalue weighted by Gasteiger charge is -2.14. The number of aromatic nitrogens is 4. The first-order valence-corrected chi connectivity index (χ1v) is 9.67. The van der Waals surface area contributed by atoms with Gasteiger partial charge in [-0.3, -0.25) is 0 Å². The van der Waals surface area contributed by atoms with Gasteiger partial charge in [-0.15, -0.1) is 5.10 Å². The lowest BCUT2D eigenvalue weighted by atomic mass is 10.0. The van der Waals surface area contributed by atoms with E-state index in [9.17, 15) is 22.4 Å². The quantitative estimate of drug-likeness (QED) is 0.315. The number of urea groups is 1. The van der Waals surface area contributed by atoms with Crippen LogP contribution in [0, 0.1) is 5.82 Å². The van der Waals surface area contributed by atoms with Gasteiger partial charge in [0.2, 0.25) is 0 Å². The molecule has 7 nitrogen and oxygen atoms in total. The van der Waals surface area contributed by atoms with E-state index in [0.717, 1.165) is 12.1 Å². The van der Waals surface area contributed by atoms with E-state index >= 15 is 0 Å². The van der Waals surface area contributed by atoms with Gasteiger partial charge in [0.1, 0.15) is 5.82 Å². The summed E-state index contributed by atoms with van der Waals surface area (Å²) >= 11 is 5.61. The molecule has 0 bridgehead atoms. The number of aromatic amines is 1. The second-order valence-corrected chi connectivity index (χ2v) is 7.20. The molecule has 0 saturated heterocycles. The number of alkyl halides is 3. The van der Waals surface area contributed by atoms with Crippen molar-refractivity contribution in [3.63, 3.8) is 0 Å². The molecule has 1 heterocycles. The zero-order chi connectivity index (χ0) is 23.6. The monoisotopic (exact) mass is 476 g/mol. The number of anilines is 2. The molecule has 0 radical (unpaired) electrons. The summed E-state index contributed by atoms with van der Waals surface area (Å²) in [6.45, 7) is 0. The van der Waals surface area contributed by atoms with E-state index in [1.807, 2.05) is 0 Å². The number of amides is 2. The number of carbonyl (C=O) groups is 1. The normalized spacial score (nSPS) is 11.3. The third kappa shape index (κ3) is 5.09. The van der Waals surface area contributed by atoms with Gasteiger partial charge in [0, 0.05) is 11.3 Å². The molecule has 1 aromatic heterocycles. The molecule has 2 amide bonds. The summed E-state index contributed by atoms with van der Waals surface area (Å²) in [5.41, 5.74) is 0.918. The van der Waals surface area contributed by atoms with Crippen molar-refractivity contribution in [3.8, 4) is 22.5 Å². The first-order chi connectivity index (χ1) is 15.7. The fourth-order valence-corrected chi connectivity index (χ4v) is 3.27. The van der Waals surface area contributed by atoms with Gasteiger partial charge in [0.25, 0.3) is 0 Å². The molecule has 0 spiro atoms. The van der Waals surface area contributed by atoms with Gasteiger partial charge in [-0.05, 0) is 64.0 Å². The number of tetrazole rings is 1. The van der Waals surface area contributed by atoms with E-state index in [4.69, 9.17) is 11.6 Å². The Morgan fingerprint density at radius 2 is 1.67 bits per heavy atom. The van der Waals surface area contributed by atoms with Gasteiger partial charge in [-0.25, -0.2) is 14.3 Å². The molecule has 0 unspecified atom stereocenters. The lowest BCUT2D eigenvalue weighted by Crippen LogP contribution is -2.20. The minimum Gasteiger partial charge on any atom is -0.308 e. The van der Waals surface area contributed by atoms with Crippen molar-refractivity contribution in [2.45, 2.75) is 6.18 Å². The van der Waals surface area contributed by atoms with Crippen LogP contribution in [0.5, 0.6) is 0 Å². The fourth-order valence-electron chi connectivity index (χ4n) is 3.05. The van der Waals surface area contributed by atoms with Crippen LogP contribution in [0.3, 0.4) is 0 Å². The average Bonchev–Trinajstić information content (AvgIpc) is 3.30. The second-order valence-electron chi connectivity index (χ2n) is 6.79. The molecule has 0 fully saturated rings. The molecule has 0 aliphatic carbocycles. The highest BCUT2D eigenvalue weighted by molar-refractivity contribution is 6.31. The Balaban J connectivity index is 1.61. The maximum absolute atomic E-state index is 13.2. The van der Waals surface area contributed by atoms with E-state index in [2.05, 4.69) is 31.3 Å². The van der Waals surface area contributed by atoms with Crippen LogP contribution in [0.15, 0.2) is 60.7 Å². The van der Waals surface area contributed by atoms with Gasteiger partial charge in [0.05, 0.1) is 16.3 Å². The maximum Gasteiger partial charge on any atom is 0.417 e. The Morgan fingerprint density at radius 3 is 2.33 bits per heavy atom. The van der Waals surface area contributed by atoms with Crippen LogP contribution >= 0.6 is 11.6 Å². The standard InChI is InChI=1S/C21H13ClF4N6O/c22-17-7-6-14(10-16(17)21(24,25)26)27-20(33)28-18-8-3-12(11-1-4-13(23)5-2-11)9-15(18)19-29-31-32-30-19/h1-10H,(H2,27,28,33)(H,29,30,31,32). The third-order valence-corrected chi connectivity index (χ3v) is 4.91. The largest absolute Gasteiger partial charge is 0.417 e. The van der Waals surface area contributed by atoms with Crippen LogP contribution in [-0.2, 0) is 6.18 Å². The summed E-state index contributed by atoms with van der Waals surface area (Å²) in [5, 5.41) is 17.9. The summed E-state index contributed by atoms with van der Waals surface area (Å²) < 4.78 is 52.4. The molecule has 3 N–H and O–H groups in total. The Kier molecular flexibility index (Phi) is 5.97. The van der Waals surface area contributed by atoms with Crippen LogP contribution in [0.25, 0.3) is 22.5 Å². The Bertz CT molecular complexity index is 1290. The summed E-state index contributed by atoms with van der Waals surface area (Å²) in [4.78, 5) is 12.5. The number of benzene rings is 3. The van der Waals surface area contributed by atoms with Crippen LogP contribution in [0.4, 0.5) is 33.7 Å². The van der Waals surface area contributed by atoms with E-state index in [1.165, 1.54) is 18.2 Å². The van der Waals surface area contributed by atoms with E-state index in [0.29, 0.717) is 16.7 Å². The highest BCUT2D eigenvalue weighted by Gasteiger charge is 2.33. The first kappa shape index (κ1) is 22.2. The van der Waals surface area contributed by atoms with Crippen LogP contribution in [0.2, 0.25) is 5.02 Å². The van der Waals surface area contributed by atoms with Gasteiger partial charge >= 0.3 is 12.2 Å². The molecular formula is C21H13ClF4N6O. The topological polar surface area (TPSA) is 95.6 Å². The highest BCUT2D eigenvalue weighted by Crippen LogP contribution is 2.36. The fraction of sp³-hybridized carbons (Fsp3) is 0.0476. The van der Waals surface area contributed by atoms with Gasteiger partial charge in [-0.1, -0.05) is 29.8 Å².